The summed E-state index contributed by atoms with van der Waals surface area (Å²) in [6, 6.07) is 4.32. The number of phenols is 1. The van der Waals surface area contributed by atoms with E-state index in [4.69, 9.17) is 5.73 Å². The lowest BCUT2D eigenvalue weighted by Crippen LogP contribution is -2.74. The number of phenolic OH excluding ortho intramolecular Hbond substituents is 1. The average Bonchev–Trinajstić information content (AvgIpc) is 2.90. The second-order valence-corrected chi connectivity index (χ2v) is 11.9. The number of ketones is 4. The molecule has 0 aromatic heterocycles. The first-order chi connectivity index (χ1) is 19.9. The van der Waals surface area contributed by atoms with E-state index in [2.05, 4.69) is 0 Å². The zero-order valence-electron chi connectivity index (χ0n) is 23.7. The summed E-state index contributed by atoms with van der Waals surface area (Å²) in [5, 5.41) is 23.1. The fourth-order valence-electron chi connectivity index (χ4n) is 7.11. The molecule has 0 heterocycles. The smallest absolute Gasteiger partial charge is 0.416 e. The summed E-state index contributed by atoms with van der Waals surface area (Å²) < 4.78 is 39.5. The van der Waals surface area contributed by atoms with Crippen LogP contribution in [0, 0.1) is 23.7 Å². The third-order valence-electron chi connectivity index (χ3n) is 9.04. The molecule has 13 heteroatoms. The maximum atomic E-state index is 14.1. The van der Waals surface area contributed by atoms with Gasteiger partial charge in [0, 0.05) is 31.3 Å². The Morgan fingerprint density at radius 2 is 1.63 bits per heavy atom. The van der Waals surface area contributed by atoms with Crippen LogP contribution in [0.2, 0.25) is 0 Å². The highest BCUT2D eigenvalue weighted by molar-refractivity contribution is 6.32. The Hall–Kier alpha value is -4.10. The number of aliphatic hydroxyl groups is 1. The molecular formula is C30H30F3N3O7. The summed E-state index contributed by atoms with van der Waals surface area (Å²) >= 11 is 0. The first-order valence-electron chi connectivity index (χ1n) is 13.5. The minimum atomic E-state index is -4.59. The normalized spacial score (nSPS) is 28.8. The van der Waals surface area contributed by atoms with Crippen LogP contribution < -0.4 is 10.6 Å². The number of nitrogens with zero attached hydrogens (tertiary/aromatic N) is 2. The van der Waals surface area contributed by atoms with Gasteiger partial charge in [-0.15, -0.1) is 0 Å². The van der Waals surface area contributed by atoms with E-state index in [1.807, 2.05) is 0 Å². The van der Waals surface area contributed by atoms with Gasteiger partial charge in [-0.1, -0.05) is 12.1 Å². The number of nitrogens with two attached hydrogens (primary N) is 1. The van der Waals surface area contributed by atoms with Gasteiger partial charge in [-0.3, -0.25) is 28.9 Å². The molecule has 5 rings (SSSR count). The van der Waals surface area contributed by atoms with Crippen LogP contribution in [0.3, 0.4) is 0 Å². The lowest BCUT2D eigenvalue weighted by atomic mass is 9.52. The zero-order valence-corrected chi connectivity index (χ0v) is 23.7. The molecule has 0 radical (unpaired) electrons. The Balaban J connectivity index is 1.66. The third-order valence-corrected chi connectivity index (χ3v) is 9.04. The second kappa shape index (κ2) is 9.98. The van der Waals surface area contributed by atoms with Gasteiger partial charge in [0.05, 0.1) is 23.1 Å². The molecule has 2 fully saturated rings. The van der Waals surface area contributed by atoms with E-state index < -0.39 is 81.8 Å². The fraction of sp³-hybridized carbons (Fsp3) is 0.433. The Labute approximate surface area is 244 Å². The van der Waals surface area contributed by atoms with Crippen LogP contribution in [0.4, 0.5) is 18.9 Å². The molecule has 10 nitrogen and oxygen atoms in total. The predicted molar refractivity (Wildman–Crippen MR) is 146 cm³/mol. The van der Waals surface area contributed by atoms with Gasteiger partial charge in [0.1, 0.15) is 5.75 Å². The van der Waals surface area contributed by atoms with Crippen LogP contribution in [0.15, 0.2) is 30.3 Å². The van der Waals surface area contributed by atoms with Crippen LogP contribution in [0.5, 0.6) is 5.75 Å². The largest absolute Gasteiger partial charge is 0.507 e. The number of carbonyl (C=O) groups excluding carboxylic acids is 5. The standard InChI is InChI=1S/C30H30F3N3O7/c1-35(2)18-11-15(12-5-7-14(8-6-12)30(31,32)33)23(37)20-16(18)9-13-10-17-22(36(3)4)25(39)21(28(34)42)27(41)29(17,43)26(40)19(13)24(20)38/h5-8,11,13,17,19,21-22,37,43H,9-10H2,1-4H3,(H2,34,42)/t13-,17-,19?,21?,22-,29-/m1/s1. The van der Waals surface area contributed by atoms with Crippen molar-refractivity contribution in [1.29, 1.82) is 0 Å². The zero-order chi connectivity index (χ0) is 31.9. The molecule has 3 aliphatic rings. The summed E-state index contributed by atoms with van der Waals surface area (Å²) in [6.45, 7) is 0. The number of aromatic hydroxyl groups is 1. The molecular weight excluding hydrogens is 571 g/mol. The van der Waals surface area contributed by atoms with E-state index in [1.165, 1.54) is 19.0 Å². The molecule has 2 aromatic carbocycles. The summed E-state index contributed by atoms with van der Waals surface area (Å²) in [4.78, 5) is 70.0. The molecule has 0 spiro atoms. The lowest BCUT2D eigenvalue weighted by molar-refractivity contribution is -0.181. The van der Waals surface area contributed by atoms with Crippen molar-refractivity contribution in [3.05, 3.63) is 47.0 Å². The fourth-order valence-corrected chi connectivity index (χ4v) is 7.11. The molecule has 43 heavy (non-hydrogen) atoms. The maximum absolute atomic E-state index is 14.1. The molecule has 0 saturated heterocycles. The van der Waals surface area contributed by atoms with Crippen molar-refractivity contribution >= 4 is 34.7 Å². The van der Waals surface area contributed by atoms with E-state index in [1.54, 1.807) is 25.1 Å². The number of alkyl halides is 3. The number of anilines is 1. The van der Waals surface area contributed by atoms with Crippen LogP contribution >= 0.6 is 0 Å². The van der Waals surface area contributed by atoms with Crippen molar-refractivity contribution in [3.63, 3.8) is 0 Å². The van der Waals surface area contributed by atoms with E-state index in [9.17, 15) is 47.4 Å². The van der Waals surface area contributed by atoms with E-state index >= 15 is 0 Å². The molecule has 0 bridgehead atoms. The van der Waals surface area contributed by atoms with Gasteiger partial charge >= 0.3 is 6.18 Å². The molecule has 3 aliphatic carbocycles. The number of amides is 1. The van der Waals surface area contributed by atoms with Gasteiger partial charge in [-0.2, -0.15) is 13.2 Å². The summed E-state index contributed by atoms with van der Waals surface area (Å²) in [6.07, 6.45) is -4.63. The van der Waals surface area contributed by atoms with Crippen LogP contribution in [-0.4, -0.2) is 84.0 Å². The Morgan fingerprint density at radius 3 is 2.14 bits per heavy atom. The van der Waals surface area contributed by atoms with Gasteiger partial charge in [0.25, 0.3) is 0 Å². The SMILES string of the molecule is CN(C)c1cc(-c2ccc(C(F)(F)F)cc2)c(O)c2c1C[C@@H]1C[C@@H]3[C@@H](N(C)C)C(=O)C(C(N)=O)C(=O)[C@]3(O)C(=O)C1C2=O. The summed E-state index contributed by atoms with van der Waals surface area (Å²) in [5.74, 6) is -11.8. The number of hydrogen-bond donors (Lipinski definition) is 3. The van der Waals surface area contributed by atoms with Crippen LogP contribution in [-0.2, 0) is 31.8 Å². The Morgan fingerprint density at radius 1 is 1.02 bits per heavy atom. The number of benzene rings is 2. The van der Waals surface area contributed by atoms with Gasteiger partial charge in [0.2, 0.25) is 5.91 Å². The number of likely N-dealkylation sites (N-methyl/N-ethyl adjacent to an activating group) is 1. The average molecular weight is 602 g/mol. The molecule has 1 amide bonds. The lowest BCUT2D eigenvalue weighted by Gasteiger charge is -2.52. The molecule has 6 atom stereocenters. The number of halogens is 3. The highest BCUT2D eigenvalue weighted by atomic mass is 19.4. The van der Waals surface area contributed by atoms with E-state index in [0.717, 1.165) is 24.3 Å². The van der Waals surface area contributed by atoms with E-state index in [-0.39, 0.29) is 29.5 Å². The monoisotopic (exact) mass is 601 g/mol. The number of Topliss-reactive ketones (excluding diaryl/α,β-unsaturated/α-hetero) is 4. The first-order valence-corrected chi connectivity index (χ1v) is 13.5. The summed E-state index contributed by atoms with van der Waals surface area (Å²) in [7, 11) is 6.35. The minimum Gasteiger partial charge on any atom is -0.507 e. The van der Waals surface area contributed by atoms with Gasteiger partial charge in [0.15, 0.2) is 34.7 Å². The number of carbonyl (C=O) groups is 5. The Kier molecular flexibility index (Phi) is 7.05. The van der Waals surface area contributed by atoms with Crippen molar-refractivity contribution in [2.75, 3.05) is 33.1 Å². The molecule has 4 N–H and O–H groups in total. The van der Waals surface area contributed by atoms with Gasteiger partial charge in [-0.05, 0) is 62.2 Å². The molecule has 2 unspecified atom stereocenters. The summed E-state index contributed by atoms with van der Waals surface area (Å²) in [5.41, 5.74) is 2.41. The van der Waals surface area contributed by atoms with Gasteiger partial charge in [-0.25, -0.2) is 0 Å². The van der Waals surface area contributed by atoms with Crippen molar-refractivity contribution < 1.29 is 47.4 Å². The van der Waals surface area contributed by atoms with Crippen LogP contribution in [0.1, 0.15) is 27.9 Å². The number of hydrogen-bond acceptors (Lipinski definition) is 9. The highest BCUT2D eigenvalue weighted by Crippen LogP contribution is 2.53. The second-order valence-electron chi connectivity index (χ2n) is 11.9. The molecule has 2 saturated carbocycles. The van der Waals surface area contributed by atoms with Crippen molar-refractivity contribution in [2.24, 2.45) is 29.4 Å². The quantitative estimate of drug-likeness (QED) is 0.443. The molecule has 0 aliphatic heterocycles. The molecule has 228 valence electrons. The number of rotatable bonds is 4. The van der Waals surface area contributed by atoms with Gasteiger partial charge < -0.3 is 20.8 Å². The third kappa shape index (κ3) is 4.36. The van der Waals surface area contributed by atoms with Crippen molar-refractivity contribution in [1.82, 2.24) is 4.90 Å². The van der Waals surface area contributed by atoms with Crippen molar-refractivity contribution in [3.8, 4) is 16.9 Å². The van der Waals surface area contributed by atoms with Crippen LogP contribution in [0.25, 0.3) is 11.1 Å². The minimum absolute atomic E-state index is 0.0450. The maximum Gasteiger partial charge on any atom is 0.416 e. The Bertz CT molecular complexity index is 1580. The topological polar surface area (TPSA) is 158 Å². The van der Waals surface area contributed by atoms with E-state index in [0.29, 0.717) is 11.3 Å². The number of primary amides is 1. The molecule has 2 aromatic rings. The van der Waals surface area contributed by atoms with Crippen molar-refractivity contribution in [2.45, 2.75) is 30.7 Å². The number of fused-ring (bicyclic) bond motifs is 3. The first kappa shape index (κ1) is 30.4. The predicted octanol–water partition coefficient (Wildman–Crippen LogP) is 1.62. The highest BCUT2D eigenvalue weighted by Gasteiger charge is 2.69.